The Morgan fingerprint density at radius 1 is 1.26 bits per heavy atom. The summed E-state index contributed by atoms with van der Waals surface area (Å²) in [5.41, 5.74) is 1.94. The normalized spacial score (nSPS) is 10.2. The summed E-state index contributed by atoms with van der Waals surface area (Å²) in [5.74, 6) is -0.0182. The number of aryl methyl sites for hydroxylation is 2. The minimum Gasteiger partial charge on any atom is -0.326 e. The van der Waals surface area contributed by atoms with E-state index in [0.29, 0.717) is 18.0 Å². The van der Waals surface area contributed by atoms with E-state index < -0.39 is 0 Å². The number of nitrogens with zero attached hydrogens (tertiary/aromatic N) is 1. The molecule has 2 rings (SSSR count). The predicted molar refractivity (Wildman–Crippen MR) is 76.1 cm³/mol. The van der Waals surface area contributed by atoms with Crippen LogP contribution in [0.25, 0.3) is 0 Å². The maximum atomic E-state index is 11.8. The molecule has 19 heavy (non-hydrogen) atoms. The van der Waals surface area contributed by atoms with E-state index >= 15 is 0 Å². The van der Waals surface area contributed by atoms with Crippen molar-refractivity contribution in [1.82, 2.24) is 0 Å². The third kappa shape index (κ3) is 4.38. The van der Waals surface area contributed by atoms with Crippen molar-refractivity contribution in [2.45, 2.75) is 19.9 Å². The molecule has 4 heteroatoms. The first-order chi connectivity index (χ1) is 9.13. The molecule has 0 saturated heterocycles. The Morgan fingerprint density at radius 3 is 2.68 bits per heavy atom. The minimum atomic E-state index is -0.0182. The summed E-state index contributed by atoms with van der Waals surface area (Å²) in [6, 6.07) is 11.2. The highest BCUT2D eigenvalue weighted by atomic mass is 35.5. The molecule has 0 bridgehead atoms. The molecule has 1 N–H and O–H groups in total. The topological polar surface area (TPSA) is 33.0 Å². The van der Waals surface area contributed by atoms with Crippen molar-refractivity contribution in [1.29, 1.82) is 0 Å². The van der Waals surface area contributed by atoms with Gasteiger partial charge in [0.1, 0.15) is 0 Å². The molecule has 0 aliphatic rings. The maximum absolute atomic E-state index is 11.8. The van der Waals surface area contributed by atoms with Crippen molar-refractivity contribution < 1.29 is 9.36 Å². The minimum absolute atomic E-state index is 0.0182. The van der Waals surface area contributed by atoms with Crippen LogP contribution in [0.15, 0.2) is 48.8 Å². The molecule has 98 valence electrons. The van der Waals surface area contributed by atoms with Gasteiger partial charge in [0, 0.05) is 22.8 Å². The summed E-state index contributed by atoms with van der Waals surface area (Å²) in [5, 5.41) is 3.44. The summed E-state index contributed by atoms with van der Waals surface area (Å²) in [4.78, 5) is 11.8. The maximum Gasteiger partial charge on any atom is 0.230 e. The molecule has 3 nitrogen and oxygen atoms in total. The van der Waals surface area contributed by atoms with Gasteiger partial charge in [0.15, 0.2) is 18.9 Å². The van der Waals surface area contributed by atoms with Gasteiger partial charge in [-0.3, -0.25) is 4.79 Å². The van der Waals surface area contributed by atoms with Crippen molar-refractivity contribution in [2.75, 3.05) is 5.32 Å². The van der Waals surface area contributed by atoms with E-state index in [0.717, 1.165) is 5.69 Å². The quantitative estimate of drug-likeness (QED) is 0.855. The largest absolute Gasteiger partial charge is 0.326 e. The van der Waals surface area contributed by atoms with Crippen molar-refractivity contribution in [2.24, 2.45) is 0 Å². The molecule has 0 atom stereocenters. The number of pyridine rings is 1. The standard InChI is InChI=1S/C15H15ClN2O/c1-12-5-8-18(9-6-12)10-7-15(19)17-14-4-2-3-13(16)11-14/h2-6,8-9,11H,7,10H2,1H3/p+1. The fraction of sp³-hybridized carbons (Fsp3) is 0.200. The molecule has 0 unspecified atom stereocenters. The number of hydrogen-bond donors (Lipinski definition) is 1. The van der Waals surface area contributed by atoms with E-state index in [4.69, 9.17) is 11.6 Å². The number of nitrogens with one attached hydrogen (secondary N) is 1. The Bertz CT molecular complexity index is 567. The van der Waals surface area contributed by atoms with Crippen LogP contribution in [-0.2, 0) is 11.3 Å². The lowest BCUT2D eigenvalue weighted by Crippen LogP contribution is -2.34. The van der Waals surface area contributed by atoms with Gasteiger partial charge in [0.25, 0.3) is 0 Å². The molecule has 0 saturated carbocycles. The van der Waals surface area contributed by atoms with Gasteiger partial charge < -0.3 is 5.32 Å². The number of amides is 1. The Labute approximate surface area is 117 Å². The molecule has 0 radical (unpaired) electrons. The Kier molecular flexibility index (Phi) is 4.53. The summed E-state index contributed by atoms with van der Waals surface area (Å²) in [6.07, 6.45) is 4.38. The van der Waals surface area contributed by atoms with Crippen LogP contribution in [0.5, 0.6) is 0 Å². The molecule has 1 aromatic heterocycles. The second-order valence-electron chi connectivity index (χ2n) is 4.42. The number of carbonyl (C=O) groups excluding carboxylic acids is 1. The molecule has 1 heterocycles. The number of anilines is 1. The third-order valence-corrected chi connectivity index (χ3v) is 3.00. The highest BCUT2D eigenvalue weighted by molar-refractivity contribution is 6.30. The first-order valence-corrected chi connectivity index (χ1v) is 6.52. The summed E-state index contributed by atoms with van der Waals surface area (Å²) in [6.45, 7) is 2.70. The Balaban J connectivity index is 1.86. The van der Waals surface area contributed by atoms with E-state index in [9.17, 15) is 4.79 Å². The molecular formula is C15H16ClN2O+. The van der Waals surface area contributed by atoms with Gasteiger partial charge in [-0.15, -0.1) is 0 Å². The molecule has 0 aliphatic carbocycles. The zero-order valence-corrected chi connectivity index (χ0v) is 11.5. The van der Waals surface area contributed by atoms with E-state index in [1.807, 2.05) is 48.1 Å². The van der Waals surface area contributed by atoms with E-state index in [1.165, 1.54) is 5.56 Å². The number of aromatic nitrogens is 1. The predicted octanol–water partition coefficient (Wildman–Crippen LogP) is 2.96. The molecule has 0 spiro atoms. The number of carbonyl (C=O) groups is 1. The van der Waals surface area contributed by atoms with Gasteiger partial charge in [-0.05, 0) is 30.7 Å². The first kappa shape index (κ1) is 13.6. The zero-order valence-electron chi connectivity index (χ0n) is 10.8. The summed E-state index contributed by atoms with van der Waals surface area (Å²) >= 11 is 5.86. The lowest BCUT2D eigenvalue weighted by molar-refractivity contribution is -0.695. The third-order valence-electron chi connectivity index (χ3n) is 2.76. The van der Waals surface area contributed by atoms with Crippen molar-refractivity contribution >= 4 is 23.2 Å². The lowest BCUT2D eigenvalue weighted by Gasteiger charge is -2.04. The smallest absolute Gasteiger partial charge is 0.230 e. The zero-order chi connectivity index (χ0) is 13.7. The molecule has 1 amide bonds. The Hall–Kier alpha value is -1.87. The molecule has 2 aromatic rings. The van der Waals surface area contributed by atoms with Crippen LogP contribution < -0.4 is 9.88 Å². The average Bonchev–Trinajstić information content (AvgIpc) is 2.38. The van der Waals surface area contributed by atoms with Crippen molar-refractivity contribution in [3.63, 3.8) is 0 Å². The van der Waals surface area contributed by atoms with Crippen molar-refractivity contribution in [3.05, 3.63) is 59.4 Å². The van der Waals surface area contributed by atoms with E-state index in [2.05, 4.69) is 5.32 Å². The molecular weight excluding hydrogens is 260 g/mol. The van der Waals surface area contributed by atoms with E-state index in [1.54, 1.807) is 12.1 Å². The number of rotatable bonds is 4. The van der Waals surface area contributed by atoms with E-state index in [-0.39, 0.29) is 5.91 Å². The van der Waals surface area contributed by atoms with Crippen LogP contribution in [0, 0.1) is 6.92 Å². The van der Waals surface area contributed by atoms with Gasteiger partial charge in [-0.2, -0.15) is 0 Å². The summed E-state index contributed by atoms with van der Waals surface area (Å²) < 4.78 is 1.99. The van der Waals surface area contributed by atoms with Gasteiger partial charge in [0.2, 0.25) is 5.91 Å². The van der Waals surface area contributed by atoms with Crippen LogP contribution in [0.4, 0.5) is 5.69 Å². The van der Waals surface area contributed by atoms with Gasteiger partial charge in [-0.25, -0.2) is 4.57 Å². The van der Waals surface area contributed by atoms with Crippen LogP contribution >= 0.6 is 11.6 Å². The monoisotopic (exact) mass is 275 g/mol. The SMILES string of the molecule is Cc1cc[n+](CCC(=O)Nc2cccc(Cl)c2)cc1. The fourth-order valence-electron chi connectivity index (χ4n) is 1.70. The second-order valence-corrected chi connectivity index (χ2v) is 4.86. The molecule has 0 aliphatic heterocycles. The Morgan fingerprint density at radius 2 is 2.00 bits per heavy atom. The first-order valence-electron chi connectivity index (χ1n) is 6.14. The van der Waals surface area contributed by atoms with Crippen LogP contribution in [0.1, 0.15) is 12.0 Å². The number of benzene rings is 1. The average molecular weight is 276 g/mol. The molecule has 1 aromatic carbocycles. The van der Waals surface area contributed by atoms with Crippen LogP contribution in [0.3, 0.4) is 0 Å². The fourth-order valence-corrected chi connectivity index (χ4v) is 1.89. The van der Waals surface area contributed by atoms with Gasteiger partial charge in [0.05, 0.1) is 6.42 Å². The number of hydrogen-bond acceptors (Lipinski definition) is 1. The summed E-state index contributed by atoms with van der Waals surface area (Å²) in [7, 11) is 0. The van der Waals surface area contributed by atoms with Crippen LogP contribution in [-0.4, -0.2) is 5.91 Å². The second kappa shape index (κ2) is 6.34. The van der Waals surface area contributed by atoms with Crippen molar-refractivity contribution in [3.8, 4) is 0 Å². The lowest BCUT2D eigenvalue weighted by atomic mass is 10.3. The number of halogens is 1. The van der Waals surface area contributed by atoms with Gasteiger partial charge in [-0.1, -0.05) is 17.7 Å². The van der Waals surface area contributed by atoms with Crippen LogP contribution in [0.2, 0.25) is 5.02 Å². The highest BCUT2D eigenvalue weighted by Gasteiger charge is 2.07. The molecule has 0 fully saturated rings. The van der Waals surface area contributed by atoms with Gasteiger partial charge >= 0.3 is 0 Å². The highest BCUT2D eigenvalue weighted by Crippen LogP contribution is 2.14.